The third-order valence-corrected chi connectivity index (χ3v) is 3.29. The summed E-state index contributed by atoms with van der Waals surface area (Å²) in [5.74, 6) is 2.50. The van der Waals surface area contributed by atoms with Crippen molar-refractivity contribution >= 4 is 0 Å². The second kappa shape index (κ2) is 5.92. The number of methoxy groups -OCH3 is 1. The molecule has 0 saturated carbocycles. The molecule has 1 aromatic rings. The predicted octanol–water partition coefficient (Wildman–Crippen LogP) is 2.56. The maximum absolute atomic E-state index is 5.73. The Kier molecular flexibility index (Phi) is 4.26. The summed E-state index contributed by atoms with van der Waals surface area (Å²) in [5, 5.41) is 3.39. The molecule has 1 saturated heterocycles. The van der Waals surface area contributed by atoms with Crippen LogP contribution in [-0.2, 0) is 0 Å². The average molecular weight is 235 g/mol. The topological polar surface area (TPSA) is 30.5 Å². The van der Waals surface area contributed by atoms with Crippen LogP contribution in [0, 0.1) is 0 Å². The van der Waals surface area contributed by atoms with E-state index in [1.807, 2.05) is 25.1 Å². The Hall–Kier alpha value is -1.22. The van der Waals surface area contributed by atoms with Crippen molar-refractivity contribution in [2.75, 3.05) is 26.8 Å². The lowest BCUT2D eigenvalue weighted by Gasteiger charge is -2.26. The monoisotopic (exact) mass is 235 g/mol. The molecule has 0 aromatic heterocycles. The molecule has 0 amide bonds. The molecule has 3 nitrogen and oxygen atoms in total. The van der Waals surface area contributed by atoms with Crippen LogP contribution in [0.5, 0.6) is 11.5 Å². The van der Waals surface area contributed by atoms with Crippen molar-refractivity contribution in [2.45, 2.75) is 25.7 Å². The number of hydrogen-bond acceptors (Lipinski definition) is 3. The second-order valence-electron chi connectivity index (χ2n) is 4.33. The zero-order valence-corrected chi connectivity index (χ0v) is 10.7. The van der Waals surface area contributed by atoms with Gasteiger partial charge in [0.05, 0.1) is 13.7 Å². The van der Waals surface area contributed by atoms with Crippen molar-refractivity contribution in [3.63, 3.8) is 0 Å². The quantitative estimate of drug-likeness (QED) is 0.870. The van der Waals surface area contributed by atoms with Gasteiger partial charge in [-0.2, -0.15) is 0 Å². The minimum atomic E-state index is 0.550. The highest BCUT2D eigenvalue weighted by molar-refractivity contribution is 5.47. The SMILES string of the molecule is CCOc1cccc(OC)c1C1CCNCC1. The van der Waals surface area contributed by atoms with E-state index in [1.54, 1.807) is 7.11 Å². The van der Waals surface area contributed by atoms with E-state index in [4.69, 9.17) is 9.47 Å². The number of ether oxygens (including phenoxy) is 2. The Labute approximate surface area is 103 Å². The summed E-state index contributed by atoms with van der Waals surface area (Å²) < 4.78 is 11.2. The highest BCUT2D eigenvalue weighted by Gasteiger charge is 2.22. The first kappa shape index (κ1) is 12.2. The molecule has 94 valence electrons. The molecule has 2 rings (SSSR count). The molecule has 0 radical (unpaired) electrons. The minimum absolute atomic E-state index is 0.550. The highest BCUT2D eigenvalue weighted by atomic mass is 16.5. The van der Waals surface area contributed by atoms with Gasteiger partial charge in [0.2, 0.25) is 0 Å². The summed E-state index contributed by atoms with van der Waals surface area (Å²) in [7, 11) is 1.73. The summed E-state index contributed by atoms with van der Waals surface area (Å²) in [6, 6.07) is 6.07. The summed E-state index contributed by atoms with van der Waals surface area (Å²) in [5.41, 5.74) is 1.25. The summed E-state index contributed by atoms with van der Waals surface area (Å²) in [6.07, 6.45) is 2.31. The van der Waals surface area contributed by atoms with Gasteiger partial charge < -0.3 is 14.8 Å². The van der Waals surface area contributed by atoms with Crippen LogP contribution in [0.4, 0.5) is 0 Å². The summed E-state index contributed by atoms with van der Waals surface area (Å²) in [6.45, 7) is 4.87. The molecule has 1 aliphatic rings. The van der Waals surface area contributed by atoms with Crippen molar-refractivity contribution in [3.05, 3.63) is 23.8 Å². The van der Waals surface area contributed by atoms with Crippen LogP contribution in [0.15, 0.2) is 18.2 Å². The first-order chi connectivity index (χ1) is 8.36. The molecule has 1 aromatic carbocycles. The average Bonchev–Trinajstić information content (AvgIpc) is 2.40. The fraction of sp³-hybridized carbons (Fsp3) is 0.571. The summed E-state index contributed by atoms with van der Waals surface area (Å²) >= 11 is 0. The normalized spacial score (nSPS) is 16.8. The molecule has 0 atom stereocenters. The van der Waals surface area contributed by atoms with Gasteiger partial charge in [-0.1, -0.05) is 6.07 Å². The molecule has 1 heterocycles. The van der Waals surface area contributed by atoms with Crippen molar-refractivity contribution in [2.24, 2.45) is 0 Å². The van der Waals surface area contributed by atoms with Crippen LogP contribution < -0.4 is 14.8 Å². The molecular weight excluding hydrogens is 214 g/mol. The Morgan fingerprint density at radius 2 is 1.94 bits per heavy atom. The van der Waals surface area contributed by atoms with Crippen molar-refractivity contribution in [1.29, 1.82) is 0 Å². The molecule has 0 spiro atoms. The molecule has 0 bridgehead atoms. The fourth-order valence-corrected chi connectivity index (χ4v) is 2.50. The number of piperidine rings is 1. The Bertz CT molecular complexity index is 359. The molecule has 1 aliphatic heterocycles. The van der Waals surface area contributed by atoms with Crippen LogP contribution in [0.3, 0.4) is 0 Å². The highest BCUT2D eigenvalue weighted by Crippen LogP contribution is 2.39. The van der Waals surface area contributed by atoms with E-state index in [9.17, 15) is 0 Å². The summed E-state index contributed by atoms with van der Waals surface area (Å²) in [4.78, 5) is 0. The third kappa shape index (κ3) is 2.72. The van der Waals surface area contributed by atoms with E-state index in [0.29, 0.717) is 12.5 Å². The Balaban J connectivity index is 2.32. The second-order valence-corrected chi connectivity index (χ2v) is 4.33. The Morgan fingerprint density at radius 1 is 1.24 bits per heavy atom. The molecule has 17 heavy (non-hydrogen) atoms. The number of rotatable bonds is 4. The molecule has 1 N–H and O–H groups in total. The largest absolute Gasteiger partial charge is 0.496 e. The van der Waals surface area contributed by atoms with Crippen LogP contribution in [0.1, 0.15) is 31.2 Å². The standard InChI is InChI=1S/C14H21NO2/c1-3-17-13-6-4-5-12(16-2)14(13)11-7-9-15-10-8-11/h4-6,11,15H,3,7-10H2,1-2H3. The fourth-order valence-electron chi connectivity index (χ4n) is 2.50. The number of nitrogens with one attached hydrogen (secondary N) is 1. The maximum Gasteiger partial charge on any atom is 0.126 e. The molecular formula is C14H21NO2. The predicted molar refractivity (Wildman–Crippen MR) is 69.0 cm³/mol. The van der Waals surface area contributed by atoms with Gasteiger partial charge in [0.1, 0.15) is 11.5 Å². The van der Waals surface area contributed by atoms with E-state index in [-0.39, 0.29) is 0 Å². The van der Waals surface area contributed by atoms with Crippen LogP contribution in [-0.4, -0.2) is 26.8 Å². The van der Waals surface area contributed by atoms with Gasteiger partial charge in [0.25, 0.3) is 0 Å². The van der Waals surface area contributed by atoms with Crippen LogP contribution in [0.25, 0.3) is 0 Å². The van der Waals surface area contributed by atoms with Gasteiger partial charge in [-0.05, 0) is 50.9 Å². The van der Waals surface area contributed by atoms with E-state index < -0.39 is 0 Å². The lowest BCUT2D eigenvalue weighted by molar-refractivity contribution is 0.321. The van der Waals surface area contributed by atoms with E-state index >= 15 is 0 Å². The minimum Gasteiger partial charge on any atom is -0.496 e. The van der Waals surface area contributed by atoms with Gasteiger partial charge in [-0.25, -0.2) is 0 Å². The first-order valence-corrected chi connectivity index (χ1v) is 6.37. The van der Waals surface area contributed by atoms with Gasteiger partial charge in [-0.15, -0.1) is 0 Å². The molecule has 3 heteroatoms. The van der Waals surface area contributed by atoms with Crippen molar-refractivity contribution in [1.82, 2.24) is 5.32 Å². The smallest absolute Gasteiger partial charge is 0.126 e. The van der Waals surface area contributed by atoms with Gasteiger partial charge in [0.15, 0.2) is 0 Å². The van der Waals surface area contributed by atoms with E-state index in [1.165, 1.54) is 5.56 Å². The van der Waals surface area contributed by atoms with Gasteiger partial charge in [-0.3, -0.25) is 0 Å². The lowest BCUT2D eigenvalue weighted by Crippen LogP contribution is -2.27. The van der Waals surface area contributed by atoms with E-state index in [0.717, 1.165) is 37.4 Å². The third-order valence-electron chi connectivity index (χ3n) is 3.29. The number of hydrogen-bond donors (Lipinski definition) is 1. The van der Waals surface area contributed by atoms with Crippen molar-refractivity contribution < 1.29 is 9.47 Å². The molecule has 1 fully saturated rings. The Morgan fingerprint density at radius 3 is 2.59 bits per heavy atom. The van der Waals surface area contributed by atoms with E-state index in [2.05, 4.69) is 5.32 Å². The molecule has 0 unspecified atom stereocenters. The van der Waals surface area contributed by atoms with Crippen LogP contribution in [0.2, 0.25) is 0 Å². The van der Waals surface area contributed by atoms with Crippen LogP contribution >= 0.6 is 0 Å². The van der Waals surface area contributed by atoms with Crippen molar-refractivity contribution in [3.8, 4) is 11.5 Å². The lowest BCUT2D eigenvalue weighted by atomic mass is 9.89. The number of benzene rings is 1. The first-order valence-electron chi connectivity index (χ1n) is 6.37. The van der Waals surface area contributed by atoms with Gasteiger partial charge in [0, 0.05) is 5.56 Å². The zero-order chi connectivity index (χ0) is 12.1. The van der Waals surface area contributed by atoms with Gasteiger partial charge >= 0.3 is 0 Å². The maximum atomic E-state index is 5.73. The zero-order valence-electron chi connectivity index (χ0n) is 10.7. The molecule has 0 aliphatic carbocycles.